The normalized spacial score (nSPS) is 14.4. The first-order valence-electron chi connectivity index (χ1n) is 6.10. The molecule has 0 spiro atoms. The first kappa shape index (κ1) is 13.2. The minimum Gasteiger partial charge on any atom is -0.325 e. The zero-order chi connectivity index (χ0) is 13.0. The predicted octanol–water partition coefficient (Wildman–Crippen LogP) is 3.78. The number of aryl methyl sites for hydroxylation is 1. The Hall–Kier alpha value is -1.19. The van der Waals surface area contributed by atoms with Crippen LogP contribution in [0.1, 0.15) is 24.5 Å². The van der Waals surface area contributed by atoms with Crippen molar-refractivity contribution >= 4 is 11.3 Å². The van der Waals surface area contributed by atoms with Gasteiger partial charge in [-0.3, -0.25) is 0 Å². The van der Waals surface area contributed by atoms with Crippen LogP contribution in [0.3, 0.4) is 0 Å². The molecule has 0 radical (unpaired) electrons. The summed E-state index contributed by atoms with van der Waals surface area (Å²) < 4.78 is 12.8. The van der Waals surface area contributed by atoms with E-state index in [1.54, 1.807) is 11.3 Å². The zero-order valence-corrected chi connectivity index (χ0v) is 11.3. The molecule has 0 aliphatic heterocycles. The summed E-state index contributed by atoms with van der Waals surface area (Å²) in [4.78, 5) is 0. The van der Waals surface area contributed by atoms with Crippen molar-refractivity contribution in [1.29, 1.82) is 0 Å². The van der Waals surface area contributed by atoms with Crippen molar-refractivity contribution in [2.24, 2.45) is 5.73 Å². The van der Waals surface area contributed by atoms with Gasteiger partial charge in [-0.25, -0.2) is 4.39 Å². The van der Waals surface area contributed by atoms with Gasteiger partial charge in [0.25, 0.3) is 0 Å². The molecule has 2 aromatic rings. The van der Waals surface area contributed by atoms with Gasteiger partial charge in [0.05, 0.1) is 0 Å². The Morgan fingerprint density at radius 3 is 2.50 bits per heavy atom. The molecule has 0 aliphatic rings. The quantitative estimate of drug-likeness (QED) is 0.873. The number of hydrogen-bond acceptors (Lipinski definition) is 2. The molecule has 3 heteroatoms. The molecule has 96 valence electrons. The number of thiophene rings is 1. The summed E-state index contributed by atoms with van der Waals surface area (Å²) in [6.07, 6.45) is 2.70. The fraction of sp³-hybridized carbons (Fsp3) is 0.333. The van der Waals surface area contributed by atoms with Gasteiger partial charge in [0, 0.05) is 5.54 Å². The number of nitrogens with two attached hydrogens (primary N) is 1. The van der Waals surface area contributed by atoms with E-state index < -0.39 is 0 Å². The molecule has 1 unspecified atom stereocenters. The summed E-state index contributed by atoms with van der Waals surface area (Å²) in [6.45, 7) is 2.06. The van der Waals surface area contributed by atoms with Crippen LogP contribution in [0, 0.1) is 5.82 Å². The van der Waals surface area contributed by atoms with E-state index in [2.05, 4.69) is 23.8 Å². The average Bonchev–Trinajstić information content (AvgIpc) is 2.83. The minimum atomic E-state index is -0.250. The van der Waals surface area contributed by atoms with Crippen LogP contribution in [-0.2, 0) is 12.8 Å². The van der Waals surface area contributed by atoms with E-state index in [-0.39, 0.29) is 11.4 Å². The Balaban J connectivity index is 1.92. The van der Waals surface area contributed by atoms with Crippen LogP contribution in [0.15, 0.2) is 41.1 Å². The van der Waals surface area contributed by atoms with Crippen LogP contribution in [-0.4, -0.2) is 5.54 Å². The molecule has 0 saturated carbocycles. The SMILES string of the molecule is CC(N)(CCc1ccsc1)Cc1ccc(F)cc1. The van der Waals surface area contributed by atoms with Crippen molar-refractivity contribution in [2.75, 3.05) is 0 Å². The van der Waals surface area contributed by atoms with Crippen LogP contribution in [0.5, 0.6) is 0 Å². The summed E-state index contributed by atoms with van der Waals surface area (Å²) >= 11 is 1.71. The fourth-order valence-corrected chi connectivity index (χ4v) is 2.72. The van der Waals surface area contributed by atoms with Crippen molar-refractivity contribution in [3.05, 3.63) is 58.0 Å². The maximum absolute atomic E-state index is 12.8. The van der Waals surface area contributed by atoms with Crippen LogP contribution in [0.25, 0.3) is 0 Å². The van der Waals surface area contributed by atoms with Crippen molar-refractivity contribution in [3.8, 4) is 0 Å². The van der Waals surface area contributed by atoms with E-state index in [1.165, 1.54) is 17.7 Å². The maximum Gasteiger partial charge on any atom is 0.123 e. The summed E-state index contributed by atoms with van der Waals surface area (Å²) in [5.74, 6) is -0.198. The Morgan fingerprint density at radius 1 is 1.17 bits per heavy atom. The third-order valence-corrected chi connectivity index (χ3v) is 3.82. The summed E-state index contributed by atoms with van der Waals surface area (Å²) in [5, 5.41) is 4.25. The molecule has 0 saturated heterocycles. The highest BCUT2D eigenvalue weighted by atomic mass is 32.1. The Labute approximate surface area is 111 Å². The second kappa shape index (κ2) is 5.63. The monoisotopic (exact) mass is 263 g/mol. The molecule has 18 heavy (non-hydrogen) atoms. The zero-order valence-electron chi connectivity index (χ0n) is 10.5. The lowest BCUT2D eigenvalue weighted by molar-refractivity contribution is 0.430. The standard InChI is InChI=1S/C15H18FNS/c1-15(17,8-6-13-7-9-18-11-13)10-12-2-4-14(16)5-3-12/h2-5,7,9,11H,6,8,10,17H2,1H3. The summed E-state index contributed by atoms with van der Waals surface area (Å²) in [6, 6.07) is 8.74. The predicted molar refractivity (Wildman–Crippen MR) is 75.3 cm³/mol. The van der Waals surface area contributed by atoms with E-state index in [1.807, 2.05) is 12.1 Å². The van der Waals surface area contributed by atoms with Gasteiger partial charge in [0.2, 0.25) is 0 Å². The molecular weight excluding hydrogens is 245 g/mol. The minimum absolute atomic E-state index is 0.198. The smallest absolute Gasteiger partial charge is 0.123 e. The lowest BCUT2D eigenvalue weighted by atomic mass is 9.88. The lowest BCUT2D eigenvalue weighted by Crippen LogP contribution is -2.39. The molecule has 2 rings (SSSR count). The van der Waals surface area contributed by atoms with E-state index >= 15 is 0 Å². The van der Waals surface area contributed by atoms with Gasteiger partial charge < -0.3 is 5.73 Å². The van der Waals surface area contributed by atoms with Gasteiger partial charge in [-0.1, -0.05) is 12.1 Å². The number of halogens is 1. The molecule has 0 amide bonds. The average molecular weight is 263 g/mol. The highest BCUT2D eigenvalue weighted by Crippen LogP contribution is 2.18. The van der Waals surface area contributed by atoms with E-state index in [9.17, 15) is 4.39 Å². The molecule has 1 nitrogen and oxygen atoms in total. The van der Waals surface area contributed by atoms with Gasteiger partial charge >= 0.3 is 0 Å². The Morgan fingerprint density at radius 2 is 1.89 bits per heavy atom. The van der Waals surface area contributed by atoms with E-state index in [4.69, 9.17) is 5.73 Å². The highest BCUT2D eigenvalue weighted by Gasteiger charge is 2.19. The first-order chi connectivity index (χ1) is 8.55. The molecular formula is C15H18FNS. The molecule has 1 heterocycles. The van der Waals surface area contributed by atoms with Gasteiger partial charge in [-0.15, -0.1) is 0 Å². The van der Waals surface area contributed by atoms with Crippen LogP contribution >= 0.6 is 11.3 Å². The third-order valence-electron chi connectivity index (χ3n) is 3.09. The van der Waals surface area contributed by atoms with Crippen molar-refractivity contribution in [1.82, 2.24) is 0 Å². The van der Waals surface area contributed by atoms with Gasteiger partial charge in [0.15, 0.2) is 0 Å². The topological polar surface area (TPSA) is 26.0 Å². The number of hydrogen-bond donors (Lipinski definition) is 1. The Bertz CT molecular complexity index is 474. The lowest BCUT2D eigenvalue weighted by Gasteiger charge is -2.24. The molecule has 0 fully saturated rings. The van der Waals surface area contributed by atoms with Gasteiger partial charge in [0.1, 0.15) is 5.82 Å². The van der Waals surface area contributed by atoms with E-state index in [0.29, 0.717) is 0 Å². The van der Waals surface area contributed by atoms with Gasteiger partial charge in [-0.2, -0.15) is 11.3 Å². The molecule has 0 bridgehead atoms. The Kier molecular flexibility index (Phi) is 4.15. The maximum atomic E-state index is 12.8. The van der Waals surface area contributed by atoms with E-state index in [0.717, 1.165) is 24.8 Å². The van der Waals surface area contributed by atoms with Crippen LogP contribution in [0.2, 0.25) is 0 Å². The van der Waals surface area contributed by atoms with Gasteiger partial charge in [-0.05, 0) is 66.3 Å². The molecule has 2 N–H and O–H groups in total. The van der Waals surface area contributed by atoms with Crippen LogP contribution in [0.4, 0.5) is 4.39 Å². The number of benzene rings is 1. The second-order valence-electron chi connectivity index (χ2n) is 5.09. The molecule has 1 atom stereocenters. The molecule has 0 aliphatic carbocycles. The van der Waals surface area contributed by atoms with Crippen molar-refractivity contribution in [2.45, 2.75) is 31.7 Å². The summed E-state index contributed by atoms with van der Waals surface area (Å²) in [7, 11) is 0. The molecule has 1 aromatic heterocycles. The third kappa shape index (κ3) is 3.93. The number of rotatable bonds is 5. The fourth-order valence-electron chi connectivity index (χ4n) is 2.02. The highest BCUT2D eigenvalue weighted by molar-refractivity contribution is 7.07. The van der Waals surface area contributed by atoms with Crippen molar-refractivity contribution in [3.63, 3.8) is 0 Å². The molecule has 1 aromatic carbocycles. The largest absolute Gasteiger partial charge is 0.325 e. The van der Waals surface area contributed by atoms with Crippen LogP contribution < -0.4 is 5.73 Å². The van der Waals surface area contributed by atoms with Crippen molar-refractivity contribution < 1.29 is 4.39 Å². The first-order valence-corrected chi connectivity index (χ1v) is 7.04. The summed E-state index contributed by atoms with van der Waals surface area (Å²) in [5.41, 5.74) is 8.50. The second-order valence-corrected chi connectivity index (χ2v) is 5.87.